The van der Waals surface area contributed by atoms with Crippen LogP contribution in [-0.2, 0) is 31.6 Å². The van der Waals surface area contributed by atoms with E-state index < -0.39 is 89.5 Å². The maximum atomic E-state index is 12.8. The molecule has 0 radical (unpaired) electrons. The summed E-state index contributed by atoms with van der Waals surface area (Å²) in [6.45, 7) is -4.57. The fourth-order valence-corrected chi connectivity index (χ4v) is 4.60. The molecular weight excluding hydrogens is 496 g/mol. The molecule has 174 valence electrons. The summed E-state index contributed by atoms with van der Waals surface area (Å²) in [4.78, 5) is 44.4. The van der Waals surface area contributed by atoms with E-state index in [0.717, 1.165) is 0 Å². The molecule has 21 heteroatoms. The van der Waals surface area contributed by atoms with Gasteiger partial charge in [-0.3, -0.25) is 18.9 Å². The Morgan fingerprint density at radius 2 is 2.32 bits per heavy atom. The molecular formula is C10H16N5O13P3. The smallest absolute Gasteiger partial charge is 0.390 e. The largest absolute Gasteiger partial charge is 0.490 e. The Bertz CT molecular complexity index is 1710. The molecule has 3 rings (SSSR count). The number of phosphoric acid groups is 3. The maximum Gasteiger partial charge on any atom is 0.490 e. The topological polar surface area (TPSA) is 279 Å². The molecule has 1 saturated heterocycles. The fourth-order valence-electron chi connectivity index (χ4n) is 1.83. The number of aliphatic hydroxyl groups is 1. The fraction of sp³-hybridized carbons (Fsp3) is 0.500. The summed E-state index contributed by atoms with van der Waals surface area (Å²) >= 11 is 0. The molecule has 0 bridgehead atoms. The molecule has 3 heterocycles. The molecule has 18 nitrogen and oxygen atoms in total. The van der Waals surface area contributed by atoms with Crippen molar-refractivity contribution in [2.24, 2.45) is 0 Å². The van der Waals surface area contributed by atoms with Crippen LogP contribution < -0.4 is 11.3 Å². The number of aromatic amines is 1. The van der Waals surface area contributed by atoms with Crippen LogP contribution >= 0.6 is 23.5 Å². The third-order valence-corrected chi connectivity index (χ3v) is 6.37. The van der Waals surface area contributed by atoms with Crippen molar-refractivity contribution in [2.45, 2.75) is 24.7 Å². The second-order valence-corrected chi connectivity index (χ2v) is 9.24. The lowest BCUT2D eigenvalue weighted by Crippen LogP contribution is -2.26. The van der Waals surface area contributed by atoms with E-state index in [0.29, 0.717) is 0 Å². The van der Waals surface area contributed by atoms with Crippen molar-refractivity contribution in [3.63, 3.8) is 0 Å². The summed E-state index contributed by atoms with van der Waals surface area (Å²) < 4.78 is 162. The minimum Gasteiger partial charge on any atom is -0.390 e. The van der Waals surface area contributed by atoms with Crippen LogP contribution in [0.15, 0.2) is 11.1 Å². The Hall–Kier alpha value is -1.52. The summed E-state index contributed by atoms with van der Waals surface area (Å²) in [6, 6.07) is 0. The Labute approximate surface area is 191 Å². The van der Waals surface area contributed by atoms with E-state index in [1.54, 1.807) is 0 Å². The highest BCUT2D eigenvalue weighted by Gasteiger charge is 2.43. The number of aromatic nitrogens is 4. The second kappa shape index (κ2) is 8.44. The molecule has 1 fully saturated rings. The van der Waals surface area contributed by atoms with Gasteiger partial charge in [0.2, 0.25) is 10.2 Å². The summed E-state index contributed by atoms with van der Waals surface area (Å²) in [5.74, 6) is -1.16. The van der Waals surface area contributed by atoms with Crippen LogP contribution in [0.4, 0.5) is 5.95 Å². The maximum absolute atomic E-state index is 12.8. The molecule has 0 aromatic carbocycles. The second-order valence-electron chi connectivity index (χ2n) is 4.98. The van der Waals surface area contributed by atoms with E-state index in [1.165, 1.54) is 0 Å². The van der Waals surface area contributed by atoms with Gasteiger partial charge < -0.3 is 35.1 Å². The molecule has 1 aliphatic heterocycles. The van der Waals surface area contributed by atoms with Crippen LogP contribution in [-0.4, -0.2) is 67.2 Å². The number of anilines is 1. The quantitative estimate of drug-likeness (QED) is 0.125. The number of nitrogen functional groups attached to an aromatic ring is 1. The monoisotopic (exact) mass is 526 g/mol. The van der Waals surface area contributed by atoms with E-state index in [4.69, 9.17) is 29.1 Å². The average molecular weight is 526 g/mol. The van der Waals surface area contributed by atoms with Crippen LogP contribution in [0.5, 0.6) is 0 Å². The lowest BCUT2D eigenvalue weighted by atomic mass is 10.2. The first-order valence-electron chi connectivity index (χ1n) is 13.5. The Kier molecular flexibility index (Phi) is 3.15. The van der Waals surface area contributed by atoms with Gasteiger partial charge in [0.25, 0.3) is 5.56 Å². The lowest BCUT2D eigenvalue weighted by molar-refractivity contribution is -0.0423. The van der Waals surface area contributed by atoms with Crippen molar-refractivity contribution in [3.05, 3.63) is 16.7 Å². The average Bonchev–Trinajstić information content (AvgIpc) is 3.29. The van der Waals surface area contributed by atoms with E-state index in [-0.39, 0.29) is 9.54 Å². The van der Waals surface area contributed by atoms with Crippen LogP contribution in [0.3, 0.4) is 0 Å². The third kappa shape index (κ3) is 6.04. The van der Waals surface area contributed by atoms with Crippen molar-refractivity contribution >= 4 is 40.6 Å². The minimum absolute atomic E-state index is 0.141. The van der Waals surface area contributed by atoms with Gasteiger partial charge in [-0.15, -0.1) is 0 Å². The Balaban J connectivity index is 2.24. The highest BCUT2D eigenvalue weighted by molar-refractivity contribution is 7.66. The first-order valence-corrected chi connectivity index (χ1v) is 11.4. The summed E-state index contributed by atoms with van der Waals surface area (Å²) in [7, 11) is -18.5. The molecule has 8 N–H and O–H groups in total. The summed E-state index contributed by atoms with van der Waals surface area (Å²) in [5, 5.41) is 3.95. The van der Waals surface area contributed by atoms with Gasteiger partial charge >= 0.3 is 23.5 Å². The number of fused-ring (bicyclic) bond motifs is 1. The first-order chi connectivity index (χ1) is 20.2. The van der Waals surface area contributed by atoms with Crippen molar-refractivity contribution in [1.29, 1.82) is 4.29 Å². The van der Waals surface area contributed by atoms with E-state index in [9.17, 15) is 23.4 Å². The van der Waals surface area contributed by atoms with E-state index >= 15 is 0 Å². The zero-order valence-corrected chi connectivity index (χ0v) is 16.6. The normalized spacial score (nSPS) is 43.0. The number of hydrogen-bond acceptors (Lipinski definition) is 14. The number of imidazole rings is 1. The predicted molar refractivity (Wildman–Crippen MR) is 96.9 cm³/mol. The van der Waals surface area contributed by atoms with Gasteiger partial charge in [0.15, 0.2) is 15.4 Å². The highest BCUT2D eigenvalue weighted by Crippen LogP contribution is 2.66. The van der Waals surface area contributed by atoms with Crippen LogP contribution in [0, 0.1) is 0 Å². The third-order valence-electron chi connectivity index (χ3n) is 2.78. The molecule has 0 saturated carbocycles. The summed E-state index contributed by atoms with van der Waals surface area (Å²) in [5.41, 5.74) is -4.07. The number of nitrogens with zero attached hydrogens (tertiary/aromatic N) is 3. The molecule has 0 aliphatic carbocycles. The van der Waals surface area contributed by atoms with Gasteiger partial charge in [-0.05, 0) is 0 Å². The molecule has 2 aromatic heterocycles. The van der Waals surface area contributed by atoms with Crippen molar-refractivity contribution in [3.8, 4) is 0 Å². The molecule has 2 aromatic rings. The molecule has 31 heavy (non-hydrogen) atoms. The van der Waals surface area contributed by atoms with E-state index in [1.807, 2.05) is 0 Å². The number of phosphoric ester groups is 1. The summed E-state index contributed by atoms with van der Waals surface area (Å²) in [6.07, 6.45) is -18.2. The molecule has 0 amide bonds. The predicted octanol–water partition coefficient (Wildman–Crippen LogP) is -1.31. The van der Waals surface area contributed by atoms with Crippen molar-refractivity contribution < 1.29 is 71.5 Å². The van der Waals surface area contributed by atoms with Crippen LogP contribution in [0.1, 0.15) is 23.5 Å². The highest BCUT2D eigenvalue weighted by atomic mass is 31.3. The zero-order chi connectivity index (χ0) is 35.0. The van der Waals surface area contributed by atoms with E-state index in [2.05, 4.69) is 38.0 Å². The Morgan fingerprint density at radius 3 is 3.00 bits per heavy atom. The Morgan fingerprint density at radius 1 is 1.52 bits per heavy atom. The number of hydrogen-bond donors (Lipinski definition) is 7. The van der Waals surface area contributed by atoms with Crippen LogP contribution in [0.25, 0.3) is 11.2 Å². The first kappa shape index (κ1) is 11.6. The molecule has 0 spiro atoms. The van der Waals surface area contributed by atoms with Gasteiger partial charge in [-0.2, -0.15) is 13.6 Å². The van der Waals surface area contributed by atoms with Crippen molar-refractivity contribution in [2.75, 3.05) is 12.3 Å². The number of nitrogens with one attached hydrogen (secondary N) is 1. The zero-order valence-electron chi connectivity index (χ0n) is 28.0. The van der Waals surface area contributed by atoms with Gasteiger partial charge in [-0.1, -0.05) is 0 Å². The van der Waals surface area contributed by atoms with Gasteiger partial charge in [0.05, 0.1) is 25.8 Å². The van der Waals surface area contributed by atoms with Crippen molar-refractivity contribution in [1.82, 2.24) is 19.5 Å². The molecule has 1 aliphatic rings. The minimum atomic E-state index is -6.38. The lowest BCUT2D eigenvalue weighted by Gasteiger charge is -2.19. The number of nitrogens with two attached hydrogens (primary N) is 1. The number of ether oxygens (including phenoxy) is 1. The van der Waals surface area contributed by atoms with Gasteiger partial charge in [0, 0.05) is 9.11 Å². The van der Waals surface area contributed by atoms with Gasteiger partial charge in [-0.25, -0.2) is 18.7 Å². The molecule has 3 unspecified atom stereocenters. The molecule has 6 atom stereocenters. The van der Waals surface area contributed by atoms with Gasteiger partial charge in [0.1, 0.15) is 13.7 Å². The SMILES string of the molecule is [2H]O[C@@]1([2H])C([2H])([2H])[C@]([2H])([15n]2c([2H])[15n]c3c(=O)[15n]([2H])c([15N]([2H])[2H])[15n]c32)O[C@]1([2H])C([2H])([2H])OP(=O)(O[2H])OP(=O)(O)OP(=O)(O)O[2H]. The number of H-pyrrole nitrogens is 1. The van der Waals surface area contributed by atoms with Crippen LogP contribution in [0.2, 0.25) is 4.24 Å². The standard InChI is InChI=1S/C10H16N5O13P3/c11-10-13-8-7(9(17)14-10)12-3-15(8)6-1-4(16)5(26-6)2-25-30(21,22)28-31(23,24)27-29(18,19)20/h3-6,16H,1-2H2,(H,21,22)(H,23,24)(H2,18,19,20)(H3,11,13,14,17)/t4-,5+,6+/m0/s1/i1D2,2D2,3D,4D,5D,6D,11+1,12+1,13+1,14+1,15+1,16D/hD5. The number of rotatable bonds is 12.